The van der Waals surface area contributed by atoms with Crippen molar-refractivity contribution in [1.82, 2.24) is 9.78 Å². The highest BCUT2D eigenvalue weighted by Gasteiger charge is 2.22. The minimum atomic E-state index is -1.08. The Morgan fingerprint density at radius 1 is 1.12 bits per heavy atom. The molecule has 0 spiro atoms. The molecule has 1 N–H and O–H groups in total. The summed E-state index contributed by atoms with van der Waals surface area (Å²) in [7, 11) is 0. The van der Waals surface area contributed by atoms with Gasteiger partial charge in [-0.25, -0.2) is 4.68 Å². The summed E-state index contributed by atoms with van der Waals surface area (Å²) in [6.07, 6.45) is 3.21. The van der Waals surface area contributed by atoms with E-state index in [2.05, 4.69) is 10.4 Å². The molecule has 0 unspecified atom stereocenters. The first kappa shape index (κ1) is 19.7. The van der Waals surface area contributed by atoms with Gasteiger partial charge in [0.25, 0.3) is 0 Å². The molecule has 2 atom stereocenters. The molecule has 0 aliphatic carbocycles. The van der Waals surface area contributed by atoms with E-state index in [9.17, 15) is 14.7 Å². The molecule has 0 aliphatic heterocycles. The van der Waals surface area contributed by atoms with E-state index in [0.717, 1.165) is 12.1 Å². The first-order valence-electron chi connectivity index (χ1n) is 8.98. The van der Waals surface area contributed by atoms with E-state index in [-0.39, 0.29) is 18.2 Å². The third kappa shape index (κ3) is 5.72. The van der Waals surface area contributed by atoms with Crippen LogP contribution in [0.5, 0.6) is 0 Å². The van der Waals surface area contributed by atoms with Crippen LogP contribution in [-0.2, 0) is 9.59 Å². The number of aromatic nitrogens is 2. The molecule has 1 aromatic carbocycles. The zero-order valence-electron chi connectivity index (χ0n) is 15.5. The number of benzene rings is 1. The number of amides is 1. The molecule has 1 heterocycles. The number of carboxylic acid groups (broad SMARTS) is 1. The van der Waals surface area contributed by atoms with Gasteiger partial charge in [-0.05, 0) is 30.4 Å². The highest BCUT2D eigenvalue weighted by Crippen LogP contribution is 2.23. The summed E-state index contributed by atoms with van der Waals surface area (Å²) in [6, 6.07) is 11.3. The van der Waals surface area contributed by atoms with Crippen LogP contribution >= 0.6 is 0 Å². The van der Waals surface area contributed by atoms with Crippen molar-refractivity contribution in [3.63, 3.8) is 0 Å². The van der Waals surface area contributed by atoms with Gasteiger partial charge < -0.3 is 15.2 Å². The first-order valence-corrected chi connectivity index (χ1v) is 8.98. The maximum absolute atomic E-state index is 12.3. The molecule has 0 aliphatic rings. The number of rotatable bonds is 9. The van der Waals surface area contributed by atoms with Crippen LogP contribution in [0.1, 0.15) is 40.0 Å². The Morgan fingerprint density at radius 3 is 2.42 bits per heavy atom. The molecule has 0 fully saturated rings. The summed E-state index contributed by atoms with van der Waals surface area (Å²) in [5.41, 5.74) is 0.895. The van der Waals surface area contributed by atoms with Crippen molar-refractivity contribution in [2.75, 3.05) is 5.32 Å². The van der Waals surface area contributed by atoms with E-state index in [0.29, 0.717) is 18.2 Å². The van der Waals surface area contributed by atoms with Gasteiger partial charge in [-0.15, -0.1) is 0 Å². The minimum absolute atomic E-state index is 0.120. The van der Waals surface area contributed by atoms with Gasteiger partial charge in [0.1, 0.15) is 0 Å². The number of nitrogens with one attached hydrogen (secondary N) is 1. The lowest BCUT2D eigenvalue weighted by Crippen LogP contribution is -2.36. The fraction of sp³-hybridized carbons (Fsp3) is 0.450. The Bertz CT molecular complexity index is 725. The average molecular weight is 356 g/mol. The summed E-state index contributed by atoms with van der Waals surface area (Å²) in [5, 5.41) is 18.5. The van der Waals surface area contributed by atoms with Crippen molar-refractivity contribution in [1.29, 1.82) is 0 Å². The van der Waals surface area contributed by atoms with Crippen molar-refractivity contribution < 1.29 is 14.7 Å². The number of para-hydroxylation sites is 1. The molecule has 0 radical (unpaired) electrons. The monoisotopic (exact) mass is 356 g/mol. The molecular weight excluding hydrogens is 330 g/mol. The molecule has 140 valence electrons. The highest BCUT2D eigenvalue weighted by molar-refractivity contribution is 5.90. The number of carbonyl (C=O) groups is 2. The molecule has 0 bridgehead atoms. The lowest BCUT2D eigenvalue weighted by Gasteiger charge is -2.25. The van der Waals surface area contributed by atoms with Crippen LogP contribution in [0.3, 0.4) is 0 Å². The van der Waals surface area contributed by atoms with Crippen molar-refractivity contribution in [2.45, 2.75) is 40.0 Å². The predicted octanol–water partition coefficient (Wildman–Crippen LogP) is 2.64. The molecule has 2 aromatic rings. The summed E-state index contributed by atoms with van der Waals surface area (Å²) >= 11 is 0. The lowest BCUT2D eigenvalue weighted by atomic mass is 9.85. The fourth-order valence-electron chi connectivity index (χ4n) is 2.89. The highest BCUT2D eigenvalue weighted by atomic mass is 16.4. The Morgan fingerprint density at radius 2 is 1.81 bits per heavy atom. The van der Waals surface area contributed by atoms with Gasteiger partial charge in [0.15, 0.2) is 5.82 Å². The van der Waals surface area contributed by atoms with Gasteiger partial charge >= 0.3 is 0 Å². The van der Waals surface area contributed by atoms with Crippen LogP contribution < -0.4 is 10.4 Å². The zero-order valence-corrected chi connectivity index (χ0v) is 15.5. The largest absolute Gasteiger partial charge is 0.550 e. The van der Waals surface area contributed by atoms with Gasteiger partial charge in [-0.2, -0.15) is 5.10 Å². The maximum atomic E-state index is 12.3. The third-order valence-electron chi connectivity index (χ3n) is 4.43. The normalized spacial score (nSPS) is 13.4. The van der Waals surface area contributed by atoms with E-state index in [1.165, 1.54) is 0 Å². The van der Waals surface area contributed by atoms with Gasteiger partial charge in [-0.3, -0.25) is 4.79 Å². The Kier molecular flexibility index (Phi) is 6.95. The zero-order chi connectivity index (χ0) is 19.1. The molecule has 26 heavy (non-hydrogen) atoms. The summed E-state index contributed by atoms with van der Waals surface area (Å²) in [6.45, 7) is 5.88. The molecule has 6 heteroatoms. The van der Waals surface area contributed by atoms with Crippen molar-refractivity contribution in [3.8, 4) is 5.69 Å². The van der Waals surface area contributed by atoms with Crippen molar-refractivity contribution in [2.24, 2.45) is 17.8 Å². The molecule has 2 rings (SSSR count). The third-order valence-corrected chi connectivity index (χ3v) is 4.43. The van der Waals surface area contributed by atoms with E-state index < -0.39 is 11.9 Å². The topological polar surface area (TPSA) is 87.0 Å². The van der Waals surface area contributed by atoms with Crippen molar-refractivity contribution >= 4 is 17.7 Å². The molecule has 0 saturated carbocycles. The van der Waals surface area contributed by atoms with Crippen LogP contribution in [0.15, 0.2) is 42.6 Å². The molecule has 0 saturated heterocycles. The van der Waals surface area contributed by atoms with E-state index >= 15 is 0 Å². The number of carbonyl (C=O) groups excluding carboxylic acids is 2. The Balaban J connectivity index is 1.93. The van der Waals surface area contributed by atoms with Gasteiger partial charge in [-0.1, -0.05) is 45.4 Å². The summed E-state index contributed by atoms with van der Waals surface area (Å²) in [5.74, 6) is -1.39. The van der Waals surface area contributed by atoms with Crippen LogP contribution in [0.4, 0.5) is 5.82 Å². The number of aliphatic carboxylic acids is 1. The standard InChI is InChI=1S/C20H27N3O3/c1-14(2)9-10-17(20(25)26)15(3)13-19(24)21-18-11-12-23(22-18)16-7-5-4-6-8-16/h4-8,11-12,14-15,17H,9-10,13H2,1-3H3,(H,25,26)(H,21,22,24)/p-1/t15-,17+/m1/s1. The molecule has 1 aromatic heterocycles. The molecule has 1 amide bonds. The molecule has 6 nitrogen and oxygen atoms in total. The number of nitrogens with zero attached hydrogens (tertiary/aromatic N) is 2. The van der Waals surface area contributed by atoms with Crippen LogP contribution in [-0.4, -0.2) is 21.7 Å². The van der Waals surface area contributed by atoms with Gasteiger partial charge in [0.05, 0.1) is 5.69 Å². The second-order valence-electron chi connectivity index (χ2n) is 7.11. The number of anilines is 1. The Hall–Kier alpha value is -2.63. The van der Waals surface area contributed by atoms with E-state index in [1.807, 2.05) is 44.2 Å². The number of hydrogen-bond acceptors (Lipinski definition) is 4. The van der Waals surface area contributed by atoms with E-state index in [4.69, 9.17) is 0 Å². The van der Waals surface area contributed by atoms with Crippen LogP contribution in [0, 0.1) is 17.8 Å². The minimum Gasteiger partial charge on any atom is -0.550 e. The quantitative estimate of drug-likeness (QED) is 0.748. The first-order chi connectivity index (χ1) is 12.4. The SMILES string of the molecule is CC(C)CC[C@H](C(=O)[O-])[C@H](C)CC(=O)Nc1ccn(-c2ccccc2)n1. The Labute approximate surface area is 154 Å². The van der Waals surface area contributed by atoms with Gasteiger partial charge in [0, 0.05) is 30.6 Å². The summed E-state index contributed by atoms with van der Waals surface area (Å²) < 4.78 is 1.67. The van der Waals surface area contributed by atoms with Gasteiger partial charge in [0.2, 0.25) is 5.91 Å². The second kappa shape index (κ2) is 9.17. The van der Waals surface area contributed by atoms with E-state index in [1.54, 1.807) is 23.9 Å². The van der Waals surface area contributed by atoms with Crippen LogP contribution in [0.2, 0.25) is 0 Å². The fourth-order valence-corrected chi connectivity index (χ4v) is 2.89. The average Bonchev–Trinajstić information content (AvgIpc) is 3.03. The maximum Gasteiger partial charge on any atom is 0.225 e. The lowest BCUT2D eigenvalue weighted by molar-refractivity contribution is -0.313. The second-order valence-corrected chi connectivity index (χ2v) is 7.11. The predicted molar refractivity (Wildman–Crippen MR) is 98.5 cm³/mol. The smallest absolute Gasteiger partial charge is 0.225 e. The molecular formula is C20H26N3O3-. The number of carboxylic acids is 1. The number of hydrogen-bond donors (Lipinski definition) is 1. The van der Waals surface area contributed by atoms with Crippen LogP contribution in [0.25, 0.3) is 5.69 Å². The van der Waals surface area contributed by atoms with Crippen molar-refractivity contribution in [3.05, 3.63) is 42.6 Å². The summed E-state index contributed by atoms with van der Waals surface area (Å²) in [4.78, 5) is 23.7.